The second kappa shape index (κ2) is 7.52. The SMILES string of the molecule is CCC1CCN(CCc2ccc([N+](=O)[O-])cc2)C(CN)C1. The summed E-state index contributed by atoms with van der Waals surface area (Å²) in [4.78, 5) is 12.8. The molecule has 1 aromatic rings. The Kier molecular flexibility index (Phi) is 5.70. The lowest BCUT2D eigenvalue weighted by atomic mass is 9.88. The Morgan fingerprint density at radius 3 is 2.67 bits per heavy atom. The Morgan fingerprint density at radius 1 is 1.38 bits per heavy atom. The number of nitrogens with zero attached hydrogens (tertiary/aromatic N) is 2. The molecule has 0 aromatic heterocycles. The first kappa shape index (κ1) is 15.9. The van der Waals surface area contributed by atoms with Crippen LogP contribution in [0.5, 0.6) is 0 Å². The van der Waals surface area contributed by atoms with Crippen LogP contribution in [0.1, 0.15) is 31.7 Å². The standard InChI is InChI=1S/C16H25N3O2/c1-2-13-7-9-18(16(11-13)12-17)10-8-14-3-5-15(6-4-14)19(20)21/h3-6,13,16H,2,7-12,17H2,1H3. The molecule has 1 aliphatic rings. The van der Waals surface area contributed by atoms with Crippen LogP contribution in [0.3, 0.4) is 0 Å². The predicted octanol–water partition coefficient (Wildman–Crippen LogP) is 2.59. The number of nitro benzene ring substituents is 1. The summed E-state index contributed by atoms with van der Waals surface area (Å²) in [7, 11) is 0. The monoisotopic (exact) mass is 291 g/mol. The summed E-state index contributed by atoms with van der Waals surface area (Å²) in [6, 6.07) is 7.36. The molecule has 1 saturated heterocycles. The van der Waals surface area contributed by atoms with Crippen molar-refractivity contribution in [2.24, 2.45) is 11.7 Å². The van der Waals surface area contributed by atoms with Gasteiger partial charge in [0.25, 0.3) is 5.69 Å². The van der Waals surface area contributed by atoms with Crippen molar-refractivity contribution in [1.29, 1.82) is 0 Å². The van der Waals surface area contributed by atoms with Crippen LogP contribution in [-0.2, 0) is 6.42 Å². The molecule has 2 N–H and O–H groups in total. The van der Waals surface area contributed by atoms with Crippen molar-refractivity contribution < 1.29 is 4.92 Å². The molecule has 0 aliphatic carbocycles. The number of nitrogens with two attached hydrogens (primary N) is 1. The lowest BCUT2D eigenvalue weighted by Gasteiger charge is -2.38. The van der Waals surface area contributed by atoms with Gasteiger partial charge in [0.1, 0.15) is 0 Å². The molecule has 1 aromatic carbocycles. The molecule has 1 fully saturated rings. The number of hydrogen-bond donors (Lipinski definition) is 1. The van der Waals surface area contributed by atoms with Gasteiger partial charge in [-0.1, -0.05) is 25.5 Å². The number of piperidine rings is 1. The molecule has 0 amide bonds. The molecular weight excluding hydrogens is 266 g/mol. The van der Waals surface area contributed by atoms with Crippen molar-refractivity contribution >= 4 is 5.69 Å². The summed E-state index contributed by atoms with van der Waals surface area (Å²) >= 11 is 0. The molecule has 5 nitrogen and oxygen atoms in total. The molecule has 0 bridgehead atoms. The van der Waals surface area contributed by atoms with E-state index in [1.165, 1.54) is 19.3 Å². The highest BCUT2D eigenvalue weighted by atomic mass is 16.6. The normalized spacial score (nSPS) is 23.1. The van der Waals surface area contributed by atoms with Gasteiger partial charge in [-0.2, -0.15) is 0 Å². The van der Waals surface area contributed by atoms with Crippen LogP contribution in [0.2, 0.25) is 0 Å². The predicted molar refractivity (Wildman–Crippen MR) is 84.2 cm³/mol. The highest BCUT2D eigenvalue weighted by Crippen LogP contribution is 2.25. The lowest BCUT2D eigenvalue weighted by Crippen LogP contribution is -2.47. The van der Waals surface area contributed by atoms with Gasteiger partial charge in [-0.3, -0.25) is 15.0 Å². The molecule has 116 valence electrons. The van der Waals surface area contributed by atoms with Gasteiger partial charge in [0, 0.05) is 31.3 Å². The number of nitro groups is 1. The van der Waals surface area contributed by atoms with Crippen molar-refractivity contribution in [3.63, 3.8) is 0 Å². The molecule has 0 saturated carbocycles. The minimum Gasteiger partial charge on any atom is -0.329 e. The Hall–Kier alpha value is -1.46. The third-order valence-electron chi connectivity index (χ3n) is 4.63. The van der Waals surface area contributed by atoms with E-state index in [0.29, 0.717) is 6.04 Å². The fraction of sp³-hybridized carbons (Fsp3) is 0.625. The summed E-state index contributed by atoms with van der Waals surface area (Å²) < 4.78 is 0. The third-order valence-corrected chi connectivity index (χ3v) is 4.63. The molecule has 1 aliphatic heterocycles. The van der Waals surface area contributed by atoms with Crippen molar-refractivity contribution in [2.45, 2.75) is 38.6 Å². The van der Waals surface area contributed by atoms with Crippen LogP contribution in [0.15, 0.2) is 24.3 Å². The zero-order valence-electron chi connectivity index (χ0n) is 12.7. The van der Waals surface area contributed by atoms with Gasteiger partial charge in [-0.05, 0) is 37.3 Å². The second-order valence-corrected chi connectivity index (χ2v) is 5.90. The maximum atomic E-state index is 10.6. The van der Waals surface area contributed by atoms with E-state index < -0.39 is 0 Å². The van der Waals surface area contributed by atoms with Crippen LogP contribution in [0, 0.1) is 16.0 Å². The summed E-state index contributed by atoms with van der Waals surface area (Å²) in [5.74, 6) is 0.814. The number of hydrogen-bond acceptors (Lipinski definition) is 4. The number of rotatable bonds is 6. The van der Waals surface area contributed by atoms with Gasteiger partial charge in [0.05, 0.1) is 4.92 Å². The van der Waals surface area contributed by atoms with Crippen molar-refractivity contribution in [3.05, 3.63) is 39.9 Å². The fourth-order valence-corrected chi connectivity index (χ4v) is 3.15. The molecule has 21 heavy (non-hydrogen) atoms. The van der Waals surface area contributed by atoms with Gasteiger partial charge in [0.2, 0.25) is 0 Å². The molecule has 0 radical (unpaired) electrons. The zero-order valence-corrected chi connectivity index (χ0v) is 12.7. The van der Waals surface area contributed by atoms with E-state index in [2.05, 4.69) is 11.8 Å². The van der Waals surface area contributed by atoms with Gasteiger partial charge in [-0.25, -0.2) is 0 Å². The van der Waals surface area contributed by atoms with E-state index in [1.807, 2.05) is 12.1 Å². The molecule has 0 spiro atoms. The van der Waals surface area contributed by atoms with Crippen LogP contribution in [-0.4, -0.2) is 35.5 Å². The fourth-order valence-electron chi connectivity index (χ4n) is 3.15. The van der Waals surface area contributed by atoms with Gasteiger partial charge >= 0.3 is 0 Å². The van der Waals surface area contributed by atoms with Crippen LogP contribution < -0.4 is 5.73 Å². The minimum atomic E-state index is -0.357. The zero-order chi connectivity index (χ0) is 15.2. The summed E-state index contributed by atoms with van der Waals surface area (Å²) in [6.07, 6.45) is 4.62. The largest absolute Gasteiger partial charge is 0.329 e. The number of benzene rings is 1. The van der Waals surface area contributed by atoms with E-state index in [0.717, 1.165) is 37.5 Å². The van der Waals surface area contributed by atoms with Gasteiger partial charge in [0.15, 0.2) is 0 Å². The Morgan fingerprint density at radius 2 is 2.10 bits per heavy atom. The molecule has 1 heterocycles. The third kappa shape index (κ3) is 4.25. The Balaban J connectivity index is 1.88. The second-order valence-electron chi connectivity index (χ2n) is 5.90. The first-order chi connectivity index (χ1) is 10.1. The van der Waals surface area contributed by atoms with E-state index in [4.69, 9.17) is 5.73 Å². The summed E-state index contributed by atoms with van der Waals surface area (Å²) in [5, 5.41) is 10.6. The topological polar surface area (TPSA) is 72.4 Å². The molecule has 2 atom stereocenters. The Bertz CT molecular complexity index is 461. The summed E-state index contributed by atoms with van der Waals surface area (Å²) in [5.41, 5.74) is 7.22. The highest BCUT2D eigenvalue weighted by Gasteiger charge is 2.26. The first-order valence-electron chi connectivity index (χ1n) is 7.81. The van der Waals surface area contributed by atoms with Crippen molar-refractivity contribution in [1.82, 2.24) is 4.90 Å². The quantitative estimate of drug-likeness (QED) is 0.646. The lowest BCUT2D eigenvalue weighted by molar-refractivity contribution is -0.384. The smallest absolute Gasteiger partial charge is 0.269 e. The number of likely N-dealkylation sites (tertiary alicyclic amines) is 1. The maximum absolute atomic E-state index is 10.6. The minimum absolute atomic E-state index is 0.155. The first-order valence-corrected chi connectivity index (χ1v) is 7.81. The molecule has 5 heteroatoms. The van der Waals surface area contributed by atoms with E-state index in [9.17, 15) is 10.1 Å². The highest BCUT2D eigenvalue weighted by molar-refractivity contribution is 5.32. The average molecular weight is 291 g/mol. The maximum Gasteiger partial charge on any atom is 0.269 e. The van der Waals surface area contributed by atoms with Crippen LogP contribution in [0.25, 0.3) is 0 Å². The van der Waals surface area contributed by atoms with Crippen molar-refractivity contribution in [3.8, 4) is 0 Å². The average Bonchev–Trinajstić information content (AvgIpc) is 2.53. The van der Waals surface area contributed by atoms with Crippen molar-refractivity contribution in [2.75, 3.05) is 19.6 Å². The van der Waals surface area contributed by atoms with Crippen LogP contribution >= 0.6 is 0 Å². The molecule has 2 unspecified atom stereocenters. The molecule has 2 rings (SSSR count). The Labute approximate surface area is 126 Å². The van der Waals surface area contributed by atoms with Crippen LogP contribution in [0.4, 0.5) is 5.69 Å². The van der Waals surface area contributed by atoms with Gasteiger partial charge in [-0.15, -0.1) is 0 Å². The summed E-state index contributed by atoms with van der Waals surface area (Å²) in [6.45, 7) is 5.07. The van der Waals surface area contributed by atoms with E-state index in [-0.39, 0.29) is 10.6 Å². The molecular formula is C16H25N3O2. The van der Waals surface area contributed by atoms with Gasteiger partial charge < -0.3 is 5.73 Å². The number of non-ortho nitro benzene ring substituents is 1. The van der Waals surface area contributed by atoms with E-state index in [1.54, 1.807) is 12.1 Å². The van der Waals surface area contributed by atoms with E-state index >= 15 is 0 Å².